The summed E-state index contributed by atoms with van der Waals surface area (Å²) >= 11 is 0. The van der Waals surface area contributed by atoms with Gasteiger partial charge < -0.3 is 15.1 Å². The smallest absolute Gasteiger partial charge is 0.134 e. The first kappa shape index (κ1) is 12.1. The number of piperazine rings is 1. The van der Waals surface area contributed by atoms with Crippen molar-refractivity contribution in [3.63, 3.8) is 0 Å². The number of anilines is 2. The number of hydrogen-bond acceptors (Lipinski definition) is 5. The molecule has 1 fully saturated rings. The van der Waals surface area contributed by atoms with Crippen LogP contribution >= 0.6 is 0 Å². The van der Waals surface area contributed by atoms with Crippen LogP contribution in [0.1, 0.15) is 12.7 Å². The molecule has 0 aromatic carbocycles. The molecule has 2 heterocycles. The van der Waals surface area contributed by atoms with Gasteiger partial charge in [-0.1, -0.05) is 0 Å². The third-order valence-electron chi connectivity index (χ3n) is 3.01. The summed E-state index contributed by atoms with van der Waals surface area (Å²) in [4.78, 5) is 13.6. The van der Waals surface area contributed by atoms with E-state index < -0.39 is 0 Å². The molecule has 1 aliphatic rings. The van der Waals surface area contributed by atoms with E-state index in [1.807, 2.05) is 13.0 Å². The van der Waals surface area contributed by atoms with Gasteiger partial charge in [0, 0.05) is 38.8 Å². The highest BCUT2D eigenvalue weighted by Gasteiger charge is 2.16. The first-order valence-corrected chi connectivity index (χ1v) is 6.22. The van der Waals surface area contributed by atoms with Crippen molar-refractivity contribution in [3.05, 3.63) is 11.9 Å². The monoisotopic (exact) mass is 235 g/mol. The van der Waals surface area contributed by atoms with Crippen LogP contribution in [-0.2, 0) is 0 Å². The summed E-state index contributed by atoms with van der Waals surface area (Å²) in [5.74, 6) is 2.80. The van der Waals surface area contributed by atoms with E-state index in [9.17, 15) is 0 Å². The van der Waals surface area contributed by atoms with Crippen LogP contribution in [0.15, 0.2) is 6.07 Å². The van der Waals surface area contributed by atoms with Crippen molar-refractivity contribution in [2.24, 2.45) is 0 Å². The zero-order chi connectivity index (χ0) is 12.3. The van der Waals surface area contributed by atoms with E-state index >= 15 is 0 Å². The highest BCUT2D eigenvalue weighted by Crippen LogP contribution is 2.17. The van der Waals surface area contributed by atoms with E-state index in [0.29, 0.717) is 0 Å². The molecule has 1 aromatic rings. The maximum absolute atomic E-state index is 4.52. The lowest BCUT2D eigenvalue weighted by Crippen LogP contribution is -2.44. The predicted octanol–water partition coefficient (Wildman–Crippen LogP) is 0.969. The Balaban J connectivity index is 2.14. The molecule has 0 unspecified atom stereocenters. The van der Waals surface area contributed by atoms with Gasteiger partial charge in [-0.2, -0.15) is 0 Å². The van der Waals surface area contributed by atoms with Crippen molar-refractivity contribution < 1.29 is 0 Å². The van der Waals surface area contributed by atoms with Gasteiger partial charge in [-0.25, -0.2) is 9.97 Å². The number of hydrogen-bond donors (Lipinski definition) is 1. The molecule has 0 bridgehead atoms. The Hall–Kier alpha value is -1.36. The number of aromatic nitrogens is 2. The molecule has 0 saturated carbocycles. The largest absolute Gasteiger partial charge is 0.370 e. The minimum absolute atomic E-state index is 0.831. The molecule has 5 nitrogen and oxygen atoms in total. The summed E-state index contributed by atoms with van der Waals surface area (Å²) in [7, 11) is 2.16. The summed E-state index contributed by atoms with van der Waals surface area (Å²) in [5.41, 5.74) is 0. The zero-order valence-electron chi connectivity index (χ0n) is 10.9. The Bertz CT molecular complexity index is 371. The highest BCUT2D eigenvalue weighted by atomic mass is 15.3. The number of likely N-dealkylation sites (N-methyl/N-ethyl adjacent to an activating group) is 1. The molecule has 0 atom stereocenters. The van der Waals surface area contributed by atoms with Gasteiger partial charge in [-0.3, -0.25) is 0 Å². The fourth-order valence-electron chi connectivity index (χ4n) is 2.02. The van der Waals surface area contributed by atoms with Crippen molar-refractivity contribution in [1.82, 2.24) is 14.9 Å². The predicted molar refractivity (Wildman–Crippen MR) is 70.6 cm³/mol. The van der Waals surface area contributed by atoms with Gasteiger partial charge in [0.2, 0.25) is 0 Å². The average molecular weight is 235 g/mol. The molecule has 17 heavy (non-hydrogen) atoms. The second-order valence-corrected chi connectivity index (χ2v) is 4.48. The molecule has 1 aliphatic heterocycles. The van der Waals surface area contributed by atoms with Crippen LogP contribution in [0.4, 0.5) is 11.6 Å². The summed E-state index contributed by atoms with van der Waals surface area (Å²) in [5, 5.41) is 3.25. The molecule has 0 amide bonds. The van der Waals surface area contributed by atoms with Crippen LogP contribution in [0.2, 0.25) is 0 Å². The van der Waals surface area contributed by atoms with Gasteiger partial charge in [0.05, 0.1) is 0 Å². The van der Waals surface area contributed by atoms with Gasteiger partial charge in [0.25, 0.3) is 0 Å². The molecule has 94 valence electrons. The number of nitrogens with one attached hydrogen (secondary N) is 1. The quantitative estimate of drug-likeness (QED) is 0.845. The van der Waals surface area contributed by atoms with E-state index in [4.69, 9.17) is 0 Å². The molecule has 0 spiro atoms. The van der Waals surface area contributed by atoms with E-state index in [2.05, 4.69) is 39.1 Å². The molecule has 0 radical (unpaired) electrons. The average Bonchev–Trinajstić information content (AvgIpc) is 2.29. The van der Waals surface area contributed by atoms with Gasteiger partial charge in [0.1, 0.15) is 17.5 Å². The Morgan fingerprint density at radius 3 is 2.59 bits per heavy atom. The van der Waals surface area contributed by atoms with E-state index in [1.54, 1.807) is 0 Å². The van der Waals surface area contributed by atoms with E-state index in [-0.39, 0.29) is 0 Å². The lowest BCUT2D eigenvalue weighted by Gasteiger charge is -2.33. The van der Waals surface area contributed by atoms with Crippen molar-refractivity contribution in [1.29, 1.82) is 0 Å². The van der Waals surface area contributed by atoms with E-state index in [1.165, 1.54) is 0 Å². The minimum atomic E-state index is 0.831. The molecular formula is C12H21N5. The Kier molecular flexibility index (Phi) is 3.78. The van der Waals surface area contributed by atoms with Gasteiger partial charge >= 0.3 is 0 Å². The summed E-state index contributed by atoms with van der Waals surface area (Å²) in [6.07, 6.45) is 0. The number of rotatable bonds is 3. The Morgan fingerprint density at radius 1 is 1.24 bits per heavy atom. The van der Waals surface area contributed by atoms with Crippen molar-refractivity contribution in [2.75, 3.05) is 50.0 Å². The van der Waals surface area contributed by atoms with E-state index in [0.717, 1.165) is 50.2 Å². The standard InChI is InChI=1S/C12H21N5/c1-4-13-11-9-12(15-10(2)14-11)17-7-5-16(3)6-8-17/h9H,4-8H2,1-3H3,(H,13,14,15). The Labute approximate surface area is 103 Å². The fourth-order valence-corrected chi connectivity index (χ4v) is 2.02. The molecule has 5 heteroatoms. The van der Waals surface area contributed by atoms with Crippen molar-refractivity contribution >= 4 is 11.6 Å². The summed E-state index contributed by atoms with van der Waals surface area (Å²) in [6, 6.07) is 2.04. The van der Waals surface area contributed by atoms with Crippen LogP contribution in [0.3, 0.4) is 0 Å². The maximum atomic E-state index is 4.52. The topological polar surface area (TPSA) is 44.3 Å². The van der Waals surface area contributed by atoms with Gasteiger partial charge in [0.15, 0.2) is 0 Å². The fraction of sp³-hybridized carbons (Fsp3) is 0.667. The number of aryl methyl sites for hydroxylation is 1. The highest BCUT2D eigenvalue weighted by molar-refractivity contribution is 5.49. The molecule has 2 rings (SSSR count). The first-order chi connectivity index (χ1) is 8.19. The maximum Gasteiger partial charge on any atom is 0.134 e. The minimum Gasteiger partial charge on any atom is -0.370 e. The van der Waals surface area contributed by atoms with Crippen LogP contribution in [0.25, 0.3) is 0 Å². The van der Waals surface area contributed by atoms with Crippen LogP contribution in [0.5, 0.6) is 0 Å². The van der Waals surface area contributed by atoms with Crippen LogP contribution in [-0.4, -0.2) is 54.6 Å². The Morgan fingerprint density at radius 2 is 1.94 bits per heavy atom. The lowest BCUT2D eigenvalue weighted by atomic mass is 10.3. The summed E-state index contributed by atoms with van der Waals surface area (Å²) < 4.78 is 0. The second-order valence-electron chi connectivity index (χ2n) is 4.48. The third kappa shape index (κ3) is 3.06. The first-order valence-electron chi connectivity index (χ1n) is 6.22. The molecule has 1 N–H and O–H groups in total. The molecule has 1 saturated heterocycles. The number of nitrogens with zero attached hydrogens (tertiary/aromatic N) is 4. The SMILES string of the molecule is CCNc1cc(N2CCN(C)CC2)nc(C)n1. The van der Waals surface area contributed by atoms with Crippen molar-refractivity contribution in [2.45, 2.75) is 13.8 Å². The normalized spacial score (nSPS) is 17.2. The zero-order valence-corrected chi connectivity index (χ0v) is 10.9. The second kappa shape index (κ2) is 5.31. The molecule has 1 aromatic heterocycles. The van der Waals surface area contributed by atoms with Crippen LogP contribution < -0.4 is 10.2 Å². The molecular weight excluding hydrogens is 214 g/mol. The van der Waals surface area contributed by atoms with Gasteiger partial charge in [-0.15, -0.1) is 0 Å². The third-order valence-corrected chi connectivity index (χ3v) is 3.01. The van der Waals surface area contributed by atoms with Crippen molar-refractivity contribution in [3.8, 4) is 0 Å². The lowest BCUT2D eigenvalue weighted by molar-refractivity contribution is 0.312. The summed E-state index contributed by atoms with van der Waals surface area (Å²) in [6.45, 7) is 9.18. The molecule has 0 aliphatic carbocycles. The van der Waals surface area contributed by atoms with Gasteiger partial charge in [-0.05, 0) is 20.9 Å². The van der Waals surface area contributed by atoms with Crippen LogP contribution in [0, 0.1) is 6.92 Å².